The Balaban J connectivity index is 1.26. The van der Waals surface area contributed by atoms with Crippen LogP contribution in [0.25, 0.3) is 43.8 Å². The standard InChI is InChI=1S/C53H38N2/c1-4-18-38(19-5-1)52-44-31-30-43(55-48-25-13-10-16-36(48)28-29-37-17-11-14-26-49(37)55)34-46(44)53(39-20-6-2-7-21-39)45-33-41-32-40-22-12-15-27-50(40)54(51(41)35-47(45)52)42-23-8-3-9-24-42/h1-27,30-31,33-35H,28-29,32H2. The molecule has 0 saturated heterocycles. The van der Waals surface area contributed by atoms with Crippen LogP contribution < -0.4 is 9.80 Å². The maximum Gasteiger partial charge on any atom is 0.0503 e. The van der Waals surface area contributed by atoms with Crippen molar-refractivity contribution in [2.75, 3.05) is 9.80 Å². The molecule has 2 aliphatic rings. The molecule has 9 aromatic carbocycles. The Morgan fingerprint density at radius 3 is 1.36 bits per heavy atom. The van der Waals surface area contributed by atoms with Crippen molar-refractivity contribution >= 4 is 55.7 Å². The van der Waals surface area contributed by atoms with Gasteiger partial charge in [0.15, 0.2) is 0 Å². The molecule has 0 aliphatic carbocycles. The number of rotatable bonds is 4. The van der Waals surface area contributed by atoms with Gasteiger partial charge in [0.25, 0.3) is 0 Å². The first kappa shape index (κ1) is 31.6. The van der Waals surface area contributed by atoms with E-state index in [0.29, 0.717) is 0 Å². The van der Waals surface area contributed by atoms with Crippen LogP contribution in [0.3, 0.4) is 0 Å². The van der Waals surface area contributed by atoms with Crippen LogP contribution in [0.4, 0.5) is 34.1 Å². The molecule has 2 heterocycles. The van der Waals surface area contributed by atoms with E-state index in [1.807, 2.05) is 0 Å². The monoisotopic (exact) mass is 702 g/mol. The summed E-state index contributed by atoms with van der Waals surface area (Å²) in [5.74, 6) is 0. The van der Waals surface area contributed by atoms with E-state index in [-0.39, 0.29) is 0 Å². The molecule has 0 amide bonds. The predicted molar refractivity (Wildman–Crippen MR) is 232 cm³/mol. The van der Waals surface area contributed by atoms with Crippen LogP contribution in [0.2, 0.25) is 0 Å². The summed E-state index contributed by atoms with van der Waals surface area (Å²) in [5.41, 5.74) is 17.7. The number of nitrogens with zero attached hydrogens (tertiary/aromatic N) is 2. The fraction of sp³-hybridized carbons (Fsp3) is 0.0566. The number of hydrogen-bond acceptors (Lipinski definition) is 2. The van der Waals surface area contributed by atoms with Crippen LogP contribution in [0.15, 0.2) is 194 Å². The van der Waals surface area contributed by atoms with Gasteiger partial charge in [0.05, 0.1) is 5.69 Å². The zero-order valence-corrected chi connectivity index (χ0v) is 30.5. The fourth-order valence-corrected chi connectivity index (χ4v) is 9.24. The number of benzene rings is 9. The summed E-state index contributed by atoms with van der Waals surface area (Å²) in [6.07, 6.45) is 2.91. The van der Waals surface area contributed by atoms with Gasteiger partial charge in [-0.05, 0) is 133 Å². The Bertz CT molecular complexity index is 2850. The van der Waals surface area contributed by atoms with Crippen molar-refractivity contribution in [2.45, 2.75) is 19.3 Å². The van der Waals surface area contributed by atoms with Crippen molar-refractivity contribution in [2.24, 2.45) is 0 Å². The summed E-state index contributed by atoms with van der Waals surface area (Å²) in [6, 6.07) is 71.8. The second kappa shape index (κ2) is 12.9. The average molecular weight is 703 g/mol. The smallest absolute Gasteiger partial charge is 0.0503 e. The second-order valence-electron chi connectivity index (χ2n) is 14.8. The highest BCUT2D eigenvalue weighted by atomic mass is 15.2. The third-order valence-corrected chi connectivity index (χ3v) is 11.7. The van der Waals surface area contributed by atoms with E-state index < -0.39 is 0 Å². The fourth-order valence-electron chi connectivity index (χ4n) is 9.24. The topological polar surface area (TPSA) is 6.48 Å². The number of anilines is 6. The van der Waals surface area contributed by atoms with E-state index >= 15 is 0 Å². The minimum Gasteiger partial charge on any atom is -0.310 e. The average Bonchev–Trinajstić information content (AvgIpc) is 3.42. The first-order valence-corrected chi connectivity index (χ1v) is 19.4. The molecule has 9 aromatic rings. The number of aryl methyl sites for hydroxylation is 2. The van der Waals surface area contributed by atoms with E-state index in [9.17, 15) is 0 Å². The minimum absolute atomic E-state index is 0.874. The minimum atomic E-state index is 0.874. The van der Waals surface area contributed by atoms with Crippen LogP contribution in [0, 0.1) is 0 Å². The third kappa shape index (κ3) is 5.17. The molecule has 260 valence electrons. The Morgan fingerprint density at radius 2 is 0.745 bits per heavy atom. The lowest BCUT2D eigenvalue weighted by Crippen LogP contribution is -2.18. The van der Waals surface area contributed by atoms with Crippen molar-refractivity contribution in [1.29, 1.82) is 0 Å². The van der Waals surface area contributed by atoms with E-state index in [1.165, 1.54) is 100 Å². The highest BCUT2D eigenvalue weighted by Crippen LogP contribution is 2.51. The molecule has 0 atom stereocenters. The molecule has 0 fully saturated rings. The van der Waals surface area contributed by atoms with Gasteiger partial charge in [-0.3, -0.25) is 0 Å². The Labute approximate surface area is 322 Å². The van der Waals surface area contributed by atoms with Crippen LogP contribution in [-0.4, -0.2) is 0 Å². The molecule has 0 bridgehead atoms. The largest absolute Gasteiger partial charge is 0.310 e. The molecule has 0 radical (unpaired) electrons. The summed E-state index contributed by atoms with van der Waals surface area (Å²) in [6.45, 7) is 0. The lowest BCUT2D eigenvalue weighted by Gasteiger charge is -2.34. The molecular weight excluding hydrogens is 665 g/mol. The molecule has 55 heavy (non-hydrogen) atoms. The molecule has 0 unspecified atom stereocenters. The molecule has 0 aromatic heterocycles. The van der Waals surface area contributed by atoms with Crippen molar-refractivity contribution in [3.8, 4) is 22.3 Å². The molecule has 0 saturated carbocycles. The van der Waals surface area contributed by atoms with Crippen molar-refractivity contribution in [1.82, 2.24) is 0 Å². The summed E-state index contributed by atoms with van der Waals surface area (Å²) in [7, 11) is 0. The van der Waals surface area contributed by atoms with E-state index in [2.05, 4.69) is 204 Å². The van der Waals surface area contributed by atoms with E-state index in [1.54, 1.807) is 0 Å². The maximum atomic E-state index is 2.51. The summed E-state index contributed by atoms with van der Waals surface area (Å²) < 4.78 is 0. The third-order valence-electron chi connectivity index (χ3n) is 11.7. The van der Waals surface area contributed by atoms with Crippen molar-refractivity contribution in [3.05, 3.63) is 216 Å². The van der Waals surface area contributed by atoms with Gasteiger partial charge in [-0.1, -0.05) is 140 Å². The number of fused-ring (bicyclic) bond motifs is 6. The van der Waals surface area contributed by atoms with Gasteiger partial charge < -0.3 is 9.80 Å². The van der Waals surface area contributed by atoms with Gasteiger partial charge in [-0.2, -0.15) is 0 Å². The SMILES string of the molecule is c1ccc(-c2c3cc(N4c5ccccc5CCc5ccccc54)ccc3c(-c3ccccc3)c3cc4c(cc23)Cc2ccccc2N4c2ccccc2)cc1. The highest BCUT2D eigenvalue weighted by Gasteiger charge is 2.28. The van der Waals surface area contributed by atoms with Gasteiger partial charge >= 0.3 is 0 Å². The Hall–Kier alpha value is -6.90. The van der Waals surface area contributed by atoms with Gasteiger partial charge in [-0.25, -0.2) is 0 Å². The van der Waals surface area contributed by atoms with Crippen LogP contribution >= 0.6 is 0 Å². The van der Waals surface area contributed by atoms with Gasteiger partial charge in [-0.15, -0.1) is 0 Å². The molecule has 0 N–H and O–H groups in total. The zero-order chi connectivity index (χ0) is 36.3. The zero-order valence-electron chi connectivity index (χ0n) is 30.5. The molecule has 2 aliphatic heterocycles. The van der Waals surface area contributed by atoms with Crippen LogP contribution in [0.1, 0.15) is 22.3 Å². The molecule has 2 heteroatoms. The van der Waals surface area contributed by atoms with Crippen molar-refractivity contribution in [3.63, 3.8) is 0 Å². The maximum absolute atomic E-state index is 2.51. The van der Waals surface area contributed by atoms with Gasteiger partial charge in [0.2, 0.25) is 0 Å². The first-order valence-electron chi connectivity index (χ1n) is 19.4. The normalized spacial score (nSPS) is 13.2. The van der Waals surface area contributed by atoms with E-state index in [0.717, 1.165) is 19.3 Å². The molecular formula is C53H38N2. The van der Waals surface area contributed by atoms with E-state index in [4.69, 9.17) is 0 Å². The van der Waals surface area contributed by atoms with Gasteiger partial charge in [0, 0.05) is 34.9 Å². The lowest BCUT2D eigenvalue weighted by atomic mass is 9.83. The number of hydrogen-bond donors (Lipinski definition) is 0. The summed E-state index contributed by atoms with van der Waals surface area (Å²) >= 11 is 0. The first-order chi connectivity index (χ1) is 27.3. The summed E-state index contributed by atoms with van der Waals surface area (Å²) in [5, 5.41) is 5.04. The van der Waals surface area contributed by atoms with Crippen LogP contribution in [-0.2, 0) is 19.3 Å². The molecule has 11 rings (SSSR count). The molecule has 2 nitrogen and oxygen atoms in total. The molecule has 0 spiro atoms. The van der Waals surface area contributed by atoms with Crippen LogP contribution in [0.5, 0.6) is 0 Å². The highest BCUT2D eigenvalue weighted by molar-refractivity contribution is 6.23. The summed E-state index contributed by atoms with van der Waals surface area (Å²) in [4.78, 5) is 4.96. The van der Waals surface area contributed by atoms with Gasteiger partial charge in [0.1, 0.15) is 0 Å². The lowest BCUT2D eigenvalue weighted by molar-refractivity contribution is 0.977. The van der Waals surface area contributed by atoms with Crippen molar-refractivity contribution < 1.29 is 0 Å². The number of para-hydroxylation sites is 4. The second-order valence-corrected chi connectivity index (χ2v) is 14.8. The Morgan fingerprint density at radius 1 is 0.291 bits per heavy atom. The predicted octanol–water partition coefficient (Wildman–Crippen LogP) is 14.3. The Kier molecular flexibility index (Phi) is 7.41. The quantitative estimate of drug-likeness (QED) is 0.168.